The highest BCUT2D eigenvalue weighted by atomic mass is 16.7. The molecule has 0 radical (unpaired) electrons. The smallest absolute Gasteiger partial charge is 0.310 e. The highest BCUT2D eigenvalue weighted by Crippen LogP contribution is 2.76. The fourth-order valence-corrected chi connectivity index (χ4v) is 12.4. The van der Waals surface area contributed by atoms with Crippen molar-refractivity contribution in [3.05, 3.63) is 11.6 Å². The van der Waals surface area contributed by atoms with E-state index in [1.165, 1.54) is 5.57 Å². The van der Waals surface area contributed by atoms with E-state index in [0.717, 1.165) is 51.4 Å². The zero-order valence-electron chi connectivity index (χ0n) is 28.1. The van der Waals surface area contributed by atoms with Gasteiger partial charge in [-0.1, -0.05) is 53.2 Å². The first kappa shape index (κ1) is 33.8. The van der Waals surface area contributed by atoms with Gasteiger partial charge in [0, 0.05) is 5.41 Å². The van der Waals surface area contributed by atoms with Crippen molar-refractivity contribution >= 4 is 5.97 Å². The van der Waals surface area contributed by atoms with Crippen LogP contribution in [-0.2, 0) is 14.3 Å². The van der Waals surface area contributed by atoms with Crippen LogP contribution in [0, 0.1) is 56.7 Å². The molecule has 6 N–H and O–H groups in total. The summed E-state index contributed by atoms with van der Waals surface area (Å²) >= 11 is 0. The number of fused-ring (bicyclic) bond motifs is 7. The average Bonchev–Trinajstić information content (AvgIpc) is 3.00. The topological polar surface area (TPSA) is 157 Å². The number of hydrogen-bond acceptors (Lipinski definition) is 8. The zero-order valence-corrected chi connectivity index (χ0v) is 28.1. The van der Waals surface area contributed by atoms with E-state index in [4.69, 9.17) is 9.47 Å². The summed E-state index contributed by atoms with van der Waals surface area (Å²) in [7, 11) is 0. The number of carboxylic acid groups (broad SMARTS) is 1. The largest absolute Gasteiger partial charge is 0.481 e. The molecule has 1 saturated heterocycles. The Balaban J connectivity index is 1.32. The van der Waals surface area contributed by atoms with Crippen molar-refractivity contribution in [3.63, 3.8) is 0 Å². The number of allylic oxidation sites excluding steroid dienone is 2. The normalized spacial score (nSPS) is 56.2. The monoisotopic (exact) mass is 634 g/mol. The lowest BCUT2D eigenvalue weighted by molar-refractivity contribution is -0.333. The van der Waals surface area contributed by atoms with Crippen molar-refractivity contribution in [2.45, 2.75) is 136 Å². The highest BCUT2D eigenvalue weighted by Gasteiger charge is 2.70. The predicted molar refractivity (Wildman–Crippen MR) is 167 cm³/mol. The minimum absolute atomic E-state index is 0.0191. The molecule has 5 fully saturated rings. The molecule has 0 unspecified atom stereocenters. The van der Waals surface area contributed by atoms with E-state index in [0.29, 0.717) is 24.2 Å². The Labute approximate surface area is 268 Å². The van der Waals surface area contributed by atoms with Gasteiger partial charge in [-0.3, -0.25) is 4.79 Å². The van der Waals surface area contributed by atoms with Gasteiger partial charge in [-0.2, -0.15) is 0 Å². The van der Waals surface area contributed by atoms with Crippen molar-refractivity contribution in [2.24, 2.45) is 56.7 Å². The summed E-state index contributed by atoms with van der Waals surface area (Å²) in [6.07, 6.45) is 2.91. The number of aliphatic hydroxyl groups is 5. The molecule has 1 aliphatic heterocycles. The lowest BCUT2D eigenvalue weighted by Crippen LogP contribution is -2.67. The molecule has 5 aliphatic carbocycles. The quantitative estimate of drug-likeness (QED) is 0.195. The van der Waals surface area contributed by atoms with Crippen LogP contribution < -0.4 is 0 Å². The molecule has 0 bridgehead atoms. The Morgan fingerprint density at radius 2 is 1.62 bits per heavy atom. The number of hydrogen-bond donors (Lipinski definition) is 6. The summed E-state index contributed by atoms with van der Waals surface area (Å²) in [4.78, 5) is 13.0. The summed E-state index contributed by atoms with van der Waals surface area (Å²) in [5, 5.41) is 62.8. The van der Waals surface area contributed by atoms with Gasteiger partial charge in [-0.25, -0.2) is 0 Å². The Morgan fingerprint density at radius 3 is 2.27 bits per heavy atom. The molecule has 256 valence electrons. The Hall–Kier alpha value is -1.07. The fourth-order valence-electron chi connectivity index (χ4n) is 12.4. The second-order valence-corrected chi connectivity index (χ2v) is 17.1. The summed E-state index contributed by atoms with van der Waals surface area (Å²) in [6, 6.07) is 0. The lowest BCUT2D eigenvalue weighted by atomic mass is 9.33. The van der Waals surface area contributed by atoms with E-state index in [9.17, 15) is 35.4 Å². The maximum Gasteiger partial charge on any atom is 0.310 e. The number of aliphatic hydroxyl groups excluding tert-OH is 5. The van der Waals surface area contributed by atoms with E-state index in [-0.39, 0.29) is 34.7 Å². The first-order valence-electron chi connectivity index (χ1n) is 17.6. The van der Waals surface area contributed by atoms with E-state index < -0.39 is 60.2 Å². The SMILES string of the molecule is C[C@H]1[C@H](C)CC[C@]2(C(=O)O)CC[C@]3(C)C(=CC[C@H]4[C@@]5(C)CC[C@H](O[C@@H]6O[C@H](CO)[C@@H](O)[C@H](O)[C@H]6O)[C@](C)(CO)[C@@H]5CC[C@]43C)[C@H]12. The molecule has 0 spiro atoms. The molecule has 6 aliphatic rings. The van der Waals surface area contributed by atoms with Crippen LogP contribution in [-0.4, -0.2) is 86.6 Å². The van der Waals surface area contributed by atoms with Crippen LogP contribution in [0.25, 0.3) is 0 Å². The summed E-state index contributed by atoms with van der Waals surface area (Å²) < 4.78 is 12.1. The molecule has 9 nitrogen and oxygen atoms in total. The average molecular weight is 635 g/mol. The van der Waals surface area contributed by atoms with Gasteiger partial charge in [-0.05, 0) is 104 Å². The third-order valence-corrected chi connectivity index (χ3v) is 15.6. The van der Waals surface area contributed by atoms with Gasteiger partial charge in [0.15, 0.2) is 6.29 Å². The van der Waals surface area contributed by atoms with Gasteiger partial charge in [-0.15, -0.1) is 0 Å². The summed E-state index contributed by atoms with van der Waals surface area (Å²) in [5.74, 6) is 0.741. The van der Waals surface area contributed by atoms with Crippen LogP contribution in [0.3, 0.4) is 0 Å². The van der Waals surface area contributed by atoms with E-state index in [1.54, 1.807) is 0 Å². The molecule has 1 heterocycles. The van der Waals surface area contributed by atoms with Crippen molar-refractivity contribution < 1.29 is 44.9 Å². The Kier molecular flexibility index (Phi) is 8.45. The molecular weight excluding hydrogens is 576 g/mol. The molecule has 4 saturated carbocycles. The number of carbonyl (C=O) groups is 1. The van der Waals surface area contributed by atoms with Crippen LogP contribution in [0.5, 0.6) is 0 Å². The maximum absolute atomic E-state index is 13.0. The Bertz CT molecular complexity index is 1190. The Morgan fingerprint density at radius 1 is 0.911 bits per heavy atom. The van der Waals surface area contributed by atoms with Gasteiger partial charge >= 0.3 is 5.97 Å². The molecular formula is C36H58O9. The zero-order chi connectivity index (χ0) is 32.9. The summed E-state index contributed by atoms with van der Waals surface area (Å²) in [6.45, 7) is 13.3. The molecule has 45 heavy (non-hydrogen) atoms. The van der Waals surface area contributed by atoms with Crippen molar-refractivity contribution in [1.82, 2.24) is 0 Å². The molecule has 0 aromatic heterocycles. The minimum Gasteiger partial charge on any atom is -0.481 e. The van der Waals surface area contributed by atoms with Crippen molar-refractivity contribution in [1.29, 1.82) is 0 Å². The third-order valence-electron chi connectivity index (χ3n) is 15.6. The third kappa shape index (κ3) is 4.46. The van der Waals surface area contributed by atoms with Crippen LogP contribution in [0.15, 0.2) is 11.6 Å². The van der Waals surface area contributed by atoms with Gasteiger partial charge in [0.05, 0.1) is 24.7 Å². The van der Waals surface area contributed by atoms with Crippen LogP contribution >= 0.6 is 0 Å². The molecule has 6 rings (SSSR count). The van der Waals surface area contributed by atoms with E-state index in [1.807, 2.05) is 0 Å². The minimum atomic E-state index is -1.51. The van der Waals surface area contributed by atoms with Gasteiger partial charge in [0.25, 0.3) is 0 Å². The number of carboxylic acids is 1. The fraction of sp³-hybridized carbons (Fsp3) is 0.917. The van der Waals surface area contributed by atoms with E-state index in [2.05, 4.69) is 47.6 Å². The molecule has 0 amide bonds. The van der Waals surface area contributed by atoms with Gasteiger partial charge in [0.2, 0.25) is 0 Å². The van der Waals surface area contributed by atoms with Crippen LogP contribution in [0.1, 0.15) is 99.3 Å². The highest BCUT2D eigenvalue weighted by molar-refractivity contribution is 5.76. The first-order chi connectivity index (χ1) is 21.1. The van der Waals surface area contributed by atoms with Gasteiger partial charge in [0.1, 0.15) is 24.4 Å². The molecule has 0 aromatic rings. The number of aliphatic carboxylic acids is 1. The molecule has 0 aromatic carbocycles. The second-order valence-electron chi connectivity index (χ2n) is 17.1. The molecule has 9 heteroatoms. The predicted octanol–water partition coefficient (Wildman–Crippen LogP) is 3.89. The first-order valence-corrected chi connectivity index (χ1v) is 17.6. The lowest BCUT2D eigenvalue weighted by Gasteiger charge is -2.71. The molecule has 16 atom stereocenters. The second kappa shape index (κ2) is 11.2. The standard InChI is InChI=1S/C36H58O9/c1-19-9-14-36(31(42)43)16-15-34(5)21(26(36)20(19)2)7-8-24-32(3)12-11-25(33(4,18-38)23(32)10-13-35(24,34)6)45-30-29(41)28(40)27(39)22(17-37)44-30/h7,19-20,22-30,37-41H,8-18H2,1-6H3,(H,42,43)/t19-,20+,22-,23-,24+,25+,26+,27-,28+,29-,30+,32+,33-,34-,35-,36+/m1/s1. The van der Waals surface area contributed by atoms with Crippen molar-refractivity contribution in [3.8, 4) is 0 Å². The summed E-state index contributed by atoms with van der Waals surface area (Å²) in [5.41, 5.74) is -0.127. The van der Waals surface area contributed by atoms with Crippen molar-refractivity contribution in [2.75, 3.05) is 13.2 Å². The maximum atomic E-state index is 13.0. The van der Waals surface area contributed by atoms with Gasteiger partial charge < -0.3 is 40.1 Å². The number of rotatable bonds is 5. The number of ether oxygens (including phenoxy) is 2. The van der Waals surface area contributed by atoms with Crippen LogP contribution in [0.2, 0.25) is 0 Å². The van der Waals surface area contributed by atoms with E-state index >= 15 is 0 Å². The van der Waals surface area contributed by atoms with Crippen LogP contribution in [0.4, 0.5) is 0 Å².